The average Bonchev–Trinajstić information content (AvgIpc) is 2.71. The van der Waals surface area contributed by atoms with E-state index in [2.05, 4.69) is 58.1 Å². The molecular weight excluding hydrogens is 438 g/mol. The monoisotopic (exact) mass is 459 g/mol. The van der Waals surface area contributed by atoms with E-state index >= 15 is 0 Å². The second-order valence-corrected chi connectivity index (χ2v) is 7.86. The molecule has 3 aromatic carbocycles. The van der Waals surface area contributed by atoms with E-state index in [9.17, 15) is 0 Å². The Hall–Kier alpha value is -2.17. The molecule has 0 bridgehead atoms. The van der Waals surface area contributed by atoms with E-state index < -0.39 is 0 Å². The molecule has 0 atom stereocenters. The van der Waals surface area contributed by atoms with Crippen molar-refractivity contribution in [1.82, 2.24) is 0 Å². The molecule has 0 radical (unpaired) electrons. The van der Waals surface area contributed by atoms with Crippen molar-refractivity contribution in [1.29, 1.82) is 0 Å². The first-order valence-electron chi connectivity index (χ1n) is 8.96. The quantitative estimate of drug-likeness (QED) is 0.395. The van der Waals surface area contributed by atoms with E-state index in [0.717, 1.165) is 40.3 Å². The molecule has 0 saturated carbocycles. The minimum atomic E-state index is 0.715. The van der Waals surface area contributed by atoms with Crippen LogP contribution in [0.3, 0.4) is 0 Å². The molecule has 0 unspecified atom stereocenters. The maximum Gasteiger partial charge on any atom is 0.118 e. The van der Waals surface area contributed by atoms with Crippen molar-refractivity contribution in [3.05, 3.63) is 86.8 Å². The molecule has 0 spiro atoms. The molecule has 0 amide bonds. The van der Waals surface area contributed by atoms with Crippen LogP contribution in [0.1, 0.15) is 16.7 Å². The Labute approximate surface area is 180 Å². The molecule has 0 fully saturated rings. The van der Waals surface area contributed by atoms with Crippen molar-refractivity contribution in [3.8, 4) is 11.5 Å². The summed E-state index contributed by atoms with van der Waals surface area (Å²) < 4.78 is 11.4. The predicted molar refractivity (Wildman–Crippen MR) is 120 cm³/mol. The number of methoxy groups -OCH3 is 2. The maximum atomic E-state index is 6.66. The van der Waals surface area contributed by atoms with Gasteiger partial charge in [0.2, 0.25) is 0 Å². The Kier molecular flexibility index (Phi) is 6.87. The summed E-state index contributed by atoms with van der Waals surface area (Å²) in [4.78, 5) is 2.28. The lowest BCUT2D eigenvalue weighted by atomic mass is 10.1. The van der Waals surface area contributed by atoms with Crippen molar-refractivity contribution in [2.24, 2.45) is 0 Å². The van der Waals surface area contributed by atoms with Crippen molar-refractivity contribution in [3.63, 3.8) is 0 Å². The molecular formula is C23H23BrClNO2. The molecule has 0 aliphatic carbocycles. The van der Waals surface area contributed by atoms with Gasteiger partial charge in [-0.25, -0.2) is 0 Å². The Bertz CT molecular complexity index is 877. The van der Waals surface area contributed by atoms with E-state index in [1.165, 1.54) is 11.1 Å². The lowest BCUT2D eigenvalue weighted by Gasteiger charge is -2.27. The van der Waals surface area contributed by atoms with Crippen molar-refractivity contribution < 1.29 is 9.47 Å². The number of benzene rings is 3. The first-order chi connectivity index (χ1) is 13.5. The van der Waals surface area contributed by atoms with Crippen LogP contribution in [-0.4, -0.2) is 14.2 Å². The van der Waals surface area contributed by atoms with Crippen LogP contribution in [0.2, 0.25) is 5.02 Å². The largest absolute Gasteiger partial charge is 0.497 e. The minimum Gasteiger partial charge on any atom is -0.497 e. The van der Waals surface area contributed by atoms with Crippen LogP contribution in [0.4, 0.5) is 5.69 Å². The highest BCUT2D eigenvalue weighted by Gasteiger charge is 2.15. The van der Waals surface area contributed by atoms with Crippen LogP contribution in [0.5, 0.6) is 11.5 Å². The summed E-state index contributed by atoms with van der Waals surface area (Å²) in [7, 11) is 3.35. The summed E-state index contributed by atoms with van der Waals surface area (Å²) in [6.07, 6.45) is 0. The van der Waals surface area contributed by atoms with Crippen molar-refractivity contribution in [2.45, 2.75) is 20.0 Å². The van der Waals surface area contributed by atoms with Crippen LogP contribution < -0.4 is 14.4 Å². The Morgan fingerprint density at radius 2 is 1.29 bits per heavy atom. The molecule has 0 heterocycles. The third-order valence-electron chi connectivity index (χ3n) is 4.56. The number of hydrogen-bond acceptors (Lipinski definition) is 3. The number of ether oxygens (including phenoxy) is 2. The van der Waals surface area contributed by atoms with E-state index in [1.807, 2.05) is 30.3 Å². The van der Waals surface area contributed by atoms with E-state index in [-0.39, 0.29) is 0 Å². The minimum absolute atomic E-state index is 0.715. The number of hydrogen-bond donors (Lipinski definition) is 0. The van der Waals surface area contributed by atoms with Gasteiger partial charge in [-0.15, -0.1) is 0 Å². The van der Waals surface area contributed by atoms with Gasteiger partial charge in [0.25, 0.3) is 0 Å². The van der Waals surface area contributed by atoms with E-state index in [4.69, 9.17) is 21.1 Å². The molecule has 3 rings (SSSR count). The molecule has 28 heavy (non-hydrogen) atoms. The Balaban J connectivity index is 1.94. The summed E-state index contributed by atoms with van der Waals surface area (Å²) in [5.74, 6) is 1.70. The highest BCUT2D eigenvalue weighted by Crippen LogP contribution is 2.36. The molecule has 0 saturated heterocycles. The summed E-state index contributed by atoms with van der Waals surface area (Å²) in [5.41, 5.74) is 4.52. The van der Waals surface area contributed by atoms with Gasteiger partial charge in [-0.2, -0.15) is 0 Å². The van der Waals surface area contributed by atoms with Crippen molar-refractivity contribution >= 4 is 33.2 Å². The average molecular weight is 461 g/mol. The highest BCUT2D eigenvalue weighted by atomic mass is 79.9. The second kappa shape index (κ2) is 9.35. The van der Waals surface area contributed by atoms with E-state index in [0.29, 0.717) is 5.02 Å². The molecule has 0 aliphatic heterocycles. The van der Waals surface area contributed by atoms with Crippen LogP contribution in [0, 0.1) is 6.92 Å². The number of halogens is 2. The molecule has 146 valence electrons. The van der Waals surface area contributed by atoms with E-state index in [1.54, 1.807) is 14.2 Å². The molecule has 5 heteroatoms. The third-order valence-corrected chi connectivity index (χ3v) is 5.81. The lowest BCUT2D eigenvalue weighted by Crippen LogP contribution is -2.22. The van der Waals surface area contributed by atoms with Gasteiger partial charge < -0.3 is 14.4 Å². The maximum absolute atomic E-state index is 6.66. The first kappa shape index (κ1) is 20.6. The summed E-state index contributed by atoms with van der Waals surface area (Å²) >= 11 is 10.2. The summed E-state index contributed by atoms with van der Waals surface area (Å²) in [6.45, 7) is 3.53. The third kappa shape index (κ3) is 5.00. The lowest BCUT2D eigenvalue weighted by molar-refractivity contribution is 0.414. The Morgan fingerprint density at radius 3 is 1.71 bits per heavy atom. The van der Waals surface area contributed by atoms with Gasteiger partial charge in [0, 0.05) is 17.6 Å². The van der Waals surface area contributed by atoms with Gasteiger partial charge in [-0.05, 0) is 75.9 Å². The van der Waals surface area contributed by atoms with Crippen LogP contribution in [0.15, 0.2) is 65.1 Å². The van der Waals surface area contributed by atoms with Crippen LogP contribution in [-0.2, 0) is 13.1 Å². The molecule has 3 aromatic rings. The molecule has 3 nitrogen and oxygen atoms in total. The fraction of sp³-hybridized carbons (Fsp3) is 0.217. The highest BCUT2D eigenvalue weighted by molar-refractivity contribution is 9.10. The van der Waals surface area contributed by atoms with Gasteiger partial charge in [-0.3, -0.25) is 0 Å². The van der Waals surface area contributed by atoms with Crippen LogP contribution in [0.25, 0.3) is 0 Å². The smallest absolute Gasteiger partial charge is 0.118 e. The fourth-order valence-corrected chi connectivity index (χ4v) is 3.86. The fourth-order valence-electron chi connectivity index (χ4n) is 3.07. The normalized spacial score (nSPS) is 10.6. The molecule has 0 aromatic heterocycles. The van der Waals surface area contributed by atoms with Crippen molar-refractivity contribution in [2.75, 3.05) is 19.1 Å². The SMILES string of the molecule is COc1ccc(CN(Cc2ccc(OC)cc2)c2cc(C)cc(Br)c2Cl)cc1. The standard InChI is InChI=1S/C23H23BrClNO2/c1-16-12-21(24)23(25)22(13-16)26(14-17-4-8-19(27-2)9-5-17)15-18-6-10-20(28-3)11-7-18/h4-13H,14-15H2,1-3H3. The number of nitrogens with zero attached hydrogens (tertiary/aromatic N) is 1. The van der Waals surface area contributed by atoms with Gasteiger partial charge in [-0.1, -0.05) is 35.9 Å². The Morgan fingerprint density at radius 1 is 0.821 bits per heavy atom. The van der Waals surface area contributed by atoms with Gasteiger partial charge in [0.1, 0.15) is 11.5 Å². The van der Waals surface area contributed by atoms with Gasteiger partial charge in [0.15, 0.2) is 0 Å². The number of anilines is 1. The summed E-state index contributed by atoms with van der Waals surface area (Å²) in [5, 5.41) is 0.715. The molecule has 0 aliphatic rings. The molecule has 0 N–H and O–H groups in total. The van der Waals surface area contributed by atoms with Crippen LogP contribution >= 0.6 is 27.5 Å². The van der Waals surface area contributed by atoms with Gasteiger partial charge in [0.05, 0.1) is 24.9 Å². The second-order valence-electron chi connectivity index (χ2n) is 6.63. The predicted octanol–water partition coefficient (Wildman–Crippen LogP) is 6.63. The first-order valence-corrected chi connectivity index (χ1v) is 10.1. The number of rotatable bonds is 7. The zero-order valence-corrected chi connectivity index (χ0v) is 18.5. The van der Waals surface area contributed by atoms with Gasteiger partial charge >= 0.3 is 0 Å². The zero-order valence-electron chi connectivity index (χ0n) is 16.2. The summed E-state index contributed by atoms with van der Waals surface area (Å²) in [6, 6.07) is 20.4. The zero-order chi connectivity index (χ0) is 20.1. The number of aryl methyl sites for hydroxylation is 1. The topological polar surface area (TPSA) is 21.7 Å².